The summed E-state index contributed by atoms with van der Waals surface area (Å²) >= 11 is 0. The normalized spacial score (nSPS) is 10.2. The molecule has 0 fully saturated rings. The van der Waals surface area contributed by atoms with Gasteiger partial charge in [-0.15, -0.1) is 12.1 Å². The summed E-state index contributed by atoms with van der Waals surface area (Å²) in [5.41, 5.74) is 17.7. The molecule has 4 N–H and O–H groups in total. The summed E-state index contributed by atoms with van der Waals surface area (Å²) in [6.45, 7) is 0. The Morgan fingerprint density at radius 2 is 1.58 bits per heavy atom. The van der Waals surface area contributed by atoms with E-state index in [0.717, 1.165) is 27.8 Å². The van der Waals surface area contributed by atoms with Crippen LogP contribution in [-0.4, -0.2) is 4.98 Å². The Balaban J connectivity index is 0.00000104. The van der Waals surface area contributed by atoms with E-state index in [1.807, 2.05) is 60.7 Å². The summed E-state index contributed by atoms with van der Waals surface area (Å²) in [5.74, 6) is 0. The number of benzene rings is 3. The maximum absolute atomic E-state index is 5.97. The molecule has 1 radical (unpaired) electrons. The fourth-order valence-corrected chi connectivity index (χ4v) is 2.66. The van der Waals surface area contributed by atoms with Crippen LogP contribution in [0.1, 0.15) is 0 Å². The number of fused-ring (bicyclic) bond motifs is 2. The van der Waals surface area contributed by atoms with Crippen LogP contribution in [0.25, 0.3) is 27.8 Å². The summed E-state index contributed by atoms with van der Waals surface area (Å²) in [5, 5.41) is 0. The van der Waals surface area contributed by atoms with Gasteiger partial charge in [-0.3, -0.25) is 0 Å². The van der Waals surface area contributed by atoms with Crippen molar-refractivity contribution in [2.75, 3.05) is 11.5 Å². The van der Waals surface area contributed by atoms with Gasteiger partial charge >= 0.3 is 0 Å². The monoisotopic (exact) mass is 424 g/mol. The first-order chi connectivity index (χ1) is 10.7. The third-order valence-corrected chi connectivity index (χ3v) is 3.65. The van der Waals surface area contributed by atoms with E-state index in [2.05, 4.69) is 15.6 Å². The van der Waals surface area contributed by atoms with Gasteiger partial charge in [-0.25, -0.2) is 0 Å². The molecule has 0 bridgehead atoms. The number of nitrogen functional groups attached to an aromatic ring is 2. The van der Waals surface area contributed by atoms with Gasteiger partial charge in [0.1, 0.15) is 11.0 Å². The first-order valence-corrected chi connectivity index (χ1v) is 7.00. The number of hydrogen-bond donors (Lipinski definition) is 2. The molecule has 0 aliphatic rings. The largest absolute Gasteiger partial charge is 1.00 e. The summed E-state index contributed by atoms with van der Waals surface area (Å²) in [6.07, 6.45) is 0. The molecule has 4 nitrogen and oxygen atoms in total. The number of nitrogens with two attached hydrogens (primary N) is 2. The Morgan fingerprint density at radius 1 is 0.875 bits per heavy atom. The predicted molar refractivity (Wildman–Crippen MR) is 88.4 cm³/mol. The second-order valence-electron chi connectivity index (χ2n) is 5.18. The fourth-order valence-electron chi connectivity index (χ4n) is 2.66. The minimum absolute atomic E-state index is 0. The van der Waals surface area contributed by atoms with Gasteiger partial charge in [0.2, 0.25) is 11.2 Å². The maximum Gasteiger partial charge on any atom is 0.236 e. The molecule has 0 saturated carbocycles. The van der Waals surface area contributed by atoms with Gasteiger partial charge in [0.05, 0.1) is 0 Å². The van der Waals surface area contributed by atoms with Gasteiger partial charge in [-0.1, -0.05) is 30.0 Å². The molecule has 1 aromatic heterocycles. The number of rotatable bonds is 1. The van der Waals surface area contributed by atoms with Crippen molar-refractivity contribution in [1.29, 1.82) is 0 Å². The van der Waals surface area contributed by atoms with Gasteiger partial charge in [-0.2, -0.15) is 4.57 Å². The molecule has 0 amide bonds. The molecule has 4 aromatic rings. The molecule has 1 heterocycles. The molecule has 0 aliphatic carbocycles. The van der Waals surface area contributed by atoms with Crippen LogP contribution in [0, 0.1) is 6.07 Å². The summed E-state index contributed by atoms with van der Waals surface area (Å²) in [7, 11) is 0. The van der Waals surface area contributed by atoms with E-state index in [-0.39, 0.29) is 31.9 Å². The van der Waals surface area contributed by atoms with E-state index in [1.165, 1.54) is 0 Å². The van der Waals surface area contributed by atoms with Crippen molar-refractivity contribution >= 4 is 33.4 Å². The van der Waals surface area contributed by atoms with Crippen LogP contribution in [0.4, 0.5) is 11.4 Å². The molecule has 0 atom stereocenters. The molecule has 0 aliphatic heterocycles. The molecule has 24 heavy (non-hydrogen) atoms. The number of aromatic nitrogens is 2. The zero-order valence-electron chi connectivity index (χ0n) is 12.5. The minimum atomic E-state index is 0. The Hall–Kier alpha value is -2.23. The van der Waals surface area contributed by atoms with E-state index >= 15 is 0 Å². The van der Waals surface area contributed by atoms with Crippen LogP contribution in [0.15, 0.2) is 60.7 Å². The number of hydrogen-bond acceptors (Lipinski definition) is 3. The van der Waals surface area contributed by atoms with Crippen molar-refractivity contribution in [1.82, 2.24) is 4.98 Å². The van der Waals surface area contributed by atoms with Crippen LogP contribution in [0.2, 0.25) is 0 Å². The van der Waals surface area contributed by atoms with Crippen LogP contribution >= 0.6 is 0 Å². The zero-order chi connectivity index (χ0) is 15.1. The fraction of sp³-hybridized carbons (Fsp3) is 0. The minimum Gasteiger partial charge on any atom is -1.00 e. The molecule has 0 spiro atoms. The molecule has 123 valence electrons. The Kier molecular flexibility index (Phi) is 5.38. The molecule has 0 saturated heterocycles. The Bertz CT molecular complexity index is 946. The second-order valence-corrected chi connectivity index (χ2v) is 5.18. The van der Waals surface area contributed by atoms with Crippen molar-refractivity contribution in [2.24, 2.45) is 0 Å². The molecule has 0 unspecified atom stereocenters. The van der Waals surface area contributed by atoms with Gasteiger partial charge < -0.3 is 28.9 Å². The van der Waals surface area contributed by atoms with E-state index in [1.54, 1.807) is 0 Å². The standard InChI is InChI=1S/C18H13N4.ClH.Rh/c19-12-6-8-15-17(10-12)22(14-4-2-1-3-5-14)18-11-13(20)7-9-16(18)21-15;;/h1-10H,(H3,19,20);1H;/q-1;;. The van der Waals surface area contributed by atoms with E-state index < -0.39 is 0 Å². The van der Waals surface area contributed by atoms with Crippen LogP contribution in [-0.2, 0) is 19.5 Å². The molecule has 3 aromatic carbocycles. The predicted octanol–water partition coefficient (Wildman–Crippen LogP) is -0.369. The number of halogens is 1. The Labute approximate surface area is 158 Å². The van der Waals surface area contributed by atoms with Crippen molar-refractivity contribution in [3.8, 4) is 5.69 Å². The third kappa shape index (κ3) is 3.05. The van der Waals surface area contributed by atoms with Gasteiger partial charge in [0, 0.05) is 48.9 Å². The first-order valence-electron chi connectivity index (χ1n) is 7.00. The quantitative estimate of drug-likeness (QED) is 0.144. The first kappa shape index (κ1) is 18.1. The van der Waals surface area contributed by atoms with E-state index in [0.29, 0.717) is 11.4 Å². The maximum atomic E-state index is 5.97. The second kappa shape index (κ2) is 7.12. The van der Waals surface area contributed by atoms with Crippen LogP contribution in [0.5, 0.6) is 0 Å². The summed E-state index contributed by atoms with van der Waals surface area (Å²) < 4.78 is 2.09. The van der Waals surface area contributed by atoms with Gasteiger partial charge in [0.15, 0.2) is 0 Å². The molecule has 4 rings (SSSR count). The molecule has 6 heteroatoms. The van der Waals surface area contributed by atoms with Gasteiger partial charge in [-0.05, 0) is 12.1 Å². The van der Waals surface area contributed by atoms with Crippen LogP contribution < -0.4 is 28.4 Å². The molecular weight excluding hydrogens is 411 g/mol. The topological polar surface area (TPSA) is 68.8 Å². The van der Waals surface area contributed by atoms with Crippen molar-refractivity contribution in [3.05, 3.63) is 66.7 Å². The van der Waals surface area contributed by atoms with Crippen molar-refractivity contribution in [3.63, 3.8) is 0 Å². The average molecular weight is 425 g/mol. The summed E-state index contributed by atoms with van der Waals surface area (Å²) in [6, 6.07) is 22.7. The third-order valence-electron chi connectivity index (χ3n) is 3.65. The average Bonchev–Trinajstić information content (AvgIpc) is 2.54. The van der Waals surface area contributed by atoms with Crippen molar-refractivity contribution in [2.45, 2.75) is 0 Å². The number of nitrogens with zero attached hydrogens (tertiary/aromatic N) is 2. The summed E-state index contributed by atoms with van der Waals surface area (Å²) in [4.78, 5) is 4.68. The number of para-hydroxylation sites is 1. The SMILES string of the molecule is Nc1[c-]c2c(cc1)nc1ccc(N)cc1[n+]2-c1ccccc1.[Cl-].[Rh]. The van der Waals surface area contributed by atoms with E-state index in [9.17, 15) is 0 Å². The van der Waals surface area contributed by atoms with Gasteiger partial charge in [0.25, 0.3) is 0 Å². The molecular formula is C18H14ClN4Rh-. The number of anilines is 2. The smallest absolute Gasteiger partial charge is 0.236 e. The van der Waals surface area contributed by atoms with E-state index in [4.69, 9.17) is 11.5 Å². The zero-order valence-corrected chi connectivity index (χ0v) is 14.9. The Morgan fingerprint density at radius 3 is 2.33 bits per heavy atom. The van der Waals surface area contributed by atoms with Crippen molar-refractivity contribution < 1.29 is 36.5 Å². The van der Waals surface area contributed by atoms with Crippen LogP contribution in [0.3, 0.4) is 0 Å².